The predicted molar refractivity (Wildman–Crippen MR) is 71.2 cm³/mol. The zero-order chi connectivity index (χ0) is 12.9. The molecule has 0 amide bonds. The minimum atomic E-state index is -3.33. The van der Waals surface area contributed by atoms with E-state index in [1.54, 1.807) is 11.3 Å². The molecule has 0 atom stereocenters. The molecule has 0 bridgehead atoms. The molecule has 3 nitrogen and oxygen atoms in total. The van der Waals surface area contributed by atoms with Gasteiger partial charge in [-0.3, -0.25) is 9.05 Å². The molecule has 0 radical (unpaired) electrons. The summed E-state index contributed by atoms with van der Waals surface area (Å²) < 4.78 is 22.9. The molecule has 1 rings (SSSR count). The largest absolute Gasteiger partial charge is 0.406 e. The first-order chi connectivity index (χ1) is 7.91. The SMILES string of the molecule is CC(C)OP(=O)(C#Cc1ccsc1)OC(C)C. The second-order valence-corrected chi connectivity index (χ2v) is 6.47. The number of hydrogen-bond acceptors (Lipinski definition) is 4. The topological polar surface area (TPSA) is 35.5 Å². The van der Waals surface area contributed by atoms with Gasteiger partial charge >= 0.3 is 7.60 Å². The Kier molecular flexibility index (Phi) is 5.42. The molecule has 0 aliphatic rings. The van der Waals surface area contributed by atoms with Gasteiger partial charge in [-0.1, -0.05) is 5.92 Å². The summed E-state index contributed by atoms with van der Waals surface area (Å²) >= 11 is 1.54. The highest BCUT2D eigenvalue weighted by Gasteiger charge is 2.25. The van der Waals surface area contributed by atoms with Gasteiger partial charge in [-0.25, -0.2) is 4.57 Å². The van der Waals surface area contributed by atoms with Gasteiger partial charge in [-0.15, -0.1) is 0 Å². The third kappa shape index (κ3) is 5.52. The maximum Gasteiger partial charge on any atom is 0.406 e. The molecule has 17 heavy (non-hydrogen) atoms. The third-order valence-electron chi connectivity index (χ3n) is 1.56. The van der Waals surface area contributed by atoms with E-state index in [0.29, 0.717) is 0 Å². The molecule has 0 aromatic carbocycles. The monoisotopic (exact) mass is 272 g/mol. The van der Waals surface area contributed by atoms with E-state index in [9.17, 15) is 4.57 Å². The smallest absolute Gasteiger partial charge is 0.297 e. The molecule has 1 aromatic rings. The van der Waals surface area contributed by atoms with Crippen molar-refractivity contribution in [3.63, 3.8) is 0 Å². The Bertz CT molecular complexity index is 426. The van der Waals surface area contributed by atoms with Crippen LogP contribution < -0.4 is 0 Å². The fourth-order valence-electron chi connectivity index (χ4n) is 1.10. The molecule has 1 heterocycles. The highest BCUT2D eigenvalue weighted by atomic mass is 32.1. The van der Waals surface area contributed by atoms with Crippen LogP contribution in [0.1, 0.15) is 33.3 Å². The highest BCUT2D eigenvalue weighted by Crippen LogP contribution is 2.49. The van der Waals surface area contributed by atoms with Gasteiger partial charge in [-0.2, -0.15) is 11.3 Å². The number of thiophene rings is 1. The lowest BCUT2D eigenvalue weighted by Crippen LogP contribution is -2.06. The van der Waals surface area contributed by atoms with Crippen molar-refractivity contribution in [2.45, 2.75) is 39.9 Å². The van der Waals surface area contributed by atoms with Crippen LogP contribution in [0.15, 0.2) is 16.8 Å². The molecule has 0 fully saturated rings. The van der Waals surface area contributed by atoms with Crippen LogP contribution in [0, 0.1) is 11.6 Å². The van der Waals surface area contributed by atoms with Crippen LogP contribution in [0.25, 0.3) is 0 Å². The highest BCUT2D eigenvalue weighted by molar-refractivity contribution is 7.59. The summed E-state index contributed by atoms with van der Waals surface area (Å²) in [5.41, 5.74) is 3.46. The summed E-state index contributed by atoms with van der Waals surface area (Å²) in [4.78, 5) is 0. The molecule has 1 aromatic heterocycles. The second kappa shape index (κ2) is 6.37. The van der Waals surface area contributed by atoms with Gasteiger partial charge in [0, 0.05) is 16.6 Å². The van der Waals surface area contributed by atoms with E-state index in [0.717, 1.165) is 5.56 Å². The van der Waals surface area contributed by atoms with E-state index >= 15 is 0 Å². The quantitative estimate of drug-likeness (QED) is 0.611. The van der Waals surface area contributed by atoms with Gasteiger partial charge in [0.05, 0.1) is 12.2 Å². The molecule has 0 aliphatic carbocycles. The van der Waals surface area contributed by atoms with Crippen molar-refractivity contribution < 1.29 is 13.6 Å². The van der Waals surface area contributed by atoms with Crippen molar-refractivity contribution in [2.75, 3.05) is 0 Å². The summed E-state index contributed by atoms with van der Waals surface area (Å²) in [5, 5.41) is 3.81. The normalized spacial score (nSPS) is 11.6. The van der Waals surface area contributed by atoms with E-state index in [-0.39, 0.29) is 12.2 Å². The van der Waals surface area contributed by atoms with Crippen molar-refractivity contribution in [1.82, 2.24) is 0 Å². The first-order valence-corrected chi connectivity index (χ1v) is 7.92. The average molecular weight is 272 g/mol. The van der Waals surface area contributed by atoms with Crippen LogP contribution in [0.4, 0.5) is 0 Å². The van der Waals surface area contributed by atoms with Gasteiger partial charge in [0.25, 0.3) is 0 Å². The lowest BCUT2D eigenvalue weighted by Gasteiger charge is -2.17. The van der Waals surface area contributed by atoms with E-state index in [2.05, 4.69) is 11.6 Å². The van der Waals surface area contributed by atoms with Gasteiger partial charge in [0.15, 0.2) is 0 Å². The first kappa shape index (κ1) is 14.5. The molecular formula is C12H17O3PS. The summed E-state index contributed by atoms with van der Waals surface area (Å²) in [6, 6.07) is 1.87. The van der Waals surface area contributed by atoms with Crippen molar-refractivity contribution in [3.05, 3.63) is 22.4 Å². The molecule has 0 spiro atoms. The zero-order valence-electron chi connectivity index (χ0n) is 10.5. The van der Waals surface area contributed by atoms with E-state index < -0.39 is 7.60 Å². The van der Waals surface area contributed by atoms with Crippen molar-refractivity contribution in [2.24, 2.45) is 0 Å². The van der Waals surface area contributed by atoms with E-state index in [1.165, 1.54) is 0 Å². The summed E-state index contributed by atoms with van der Waals surface area (Å²) in [5.74, 6) is 2.82. The third-order valence-corrected chi connectivity index (χ3v) is 4.02. The Morgan fingerprint density at radius 3 is 2.24 bits per heavy atom. The molecule has 0 unspecified atom stereocenters. The average Bonchev–Trinajstić information content (AvgIpc) is 2.64. The summed E-state index contributed by atoms with van der Waals surface area (Å²) in [6.45, 7) is 7.23. The van der Waals surface area contributed by atoms with Crippen molar-refractivity contribution >= 4 is 18.9 Å². The Morgan fingerprint density at radius 1 is 1.24 bits per heavy atom. The fourth-order valence-corrected chi connectivity index (χ4v) is 3.22. The van der Waals surface area contributed by atoms with Crippen LogP contribution in [0.2, 0.25) is 0 Å². The van der Waals surface area contributed by atoms with Crippen LogP contribution in [0.5, 0.6) is 0 Å². The Hall–Kier alpha value is -0.590. The molecule has 0 saturated carbocycles. The molecule has 94 valence electrons. The fraction of sp³-hybridized carbons (Fsp3) is 0.500. The molecule has 5 heteroatoms. The zero-order valence-corrected chi connectivity index (χ0v) is 12.2. The lowest BCUT2D eigenvalue weighted by atomic mass is 10.4. The predicted octanol–water partition coefficient (Wildman–Crippen LogP) is 4.10. The maximum absolute atomic E-state index is 12.3. The van der Waals surface area contributed by atoms with Gasteiger partial charge < -0.3 is 0 Å². The van der Waals surface area contributed by atoms with Gasteiger partial charge in [0.2, 0.25) is 0 Å². The summed E-state index contributed by atoms with van der Waals surface area (Å²) in [6.07, 6.45) is -0.368. The first-order valence-electron chi connectivity index (χ1n) is 5.43. The van der Waals surface area contributed by atoms with Crippen LogP contribution in [-0.4, -0.2) is 12.2 Å². The Balaban J connectivity index is 2.87. The minimum Gasteiger partial charge on any atom is -0.297 e. The Morgan fingerprint density at radius 2 is 1.82 bits per heavy atom. The molecule has 0 aliphatic heterocycles. The maximum atomic E-state index is 12.3. The standard InChI is InChI=1S/C12H17O3PS/c1-10(2)14-16(13,15-11(3)4)7-5-12-6-8-17-9-12/h6,8-11H,1-4H3. The molecule has 0 saturated heterocycles. The number of hydrogen-bond donors (Lipinski definition) is 0. The number of rotatable bonds is 4. The van der Waals surface area contributed by atoms with Crippen LogP contribution in [-0.2, 0) is 13.6 Å². The van der Waals surface area contributed by atoms with E-state index in [1.807, 2.05) is 44.5 Å². The van der Waals surface area contributed by atoms with Gasteiger partial charge in [-0.05, 0) is 39.1 Å². The van der Waals surface area contributed by atoms with Gasteiger partial charge in [0.1, 0.15) is 0 Å². The summed E-state index contributed by atoms with van der Waals surface area (Å²) in [7, 11) is -3.33. The Labute approximate surface area is 107 Å². The lowest BCUT2D eigenvalue weighted by molar-refractivity contribution is 0.151. The van der Waals surface area contributed by atoms with Crippen LogP contribution in [0.3, 0.4) is 0 Å². The molecule has 0 N–H and O–H groups in total. The van der Waals surface area contributed by atoms with Crippen LogP contribution >= 0.6 is 18.9 Å². The van der Waals surface area contributed by atoms with E-state index in [4.69, 9.17) is 9.05 Å². The molecular weight excluding hydrogens is 255 g/mol. The second-order valence-electron chi connectivity index (χ2n) is 4.05. The minimum absolute atomic E-state index is 0.184. The van der Waals surface area contributed by atoms with Crippen molar-refractivity contribution in [1.29, 1.82) is 0 Å². The van der Waals surface area contributed by atoms with Crippen molar-refractivity contribution in [3.8, 4) is 11.6 Å².